The van der Waals surface area contributed by atoms with Gasteiger partial charge in [0.2, 0.25) is 5.91 Å². The van der Waals surface area contributed by atoms with Crippen LogP contribution in [-0.2, 0) is 28.1 Å². The summed E-state index contributed by atoms with van der Waals surface area (Å²) >= 11 is 0. The van der Waals surface area contributed by atoms with Gasteiger partial charge in [0, 0.05) is 12.1 Å². The molecule has 0 spiro atoms. The van der Waals surface area contributed by atoms with Gasteiger partial charge in [-0.05, 0) is 86.6 Å². The molecule has 1 aromatic carbocycles. The minimum absolute atomic E-state index is 0.0811. The van der Waals surface area contributed by atoms with Crippen LogP contribution in [0.4, 0.5) is 0 Å². The lowest BCUT2D eigenvalue weighted by atomic mass is 9.50. The van der Waals surface area contributed by atoms with Gasteiger partial charge in [-0.25, -0.2) is 0 Å². The highest BCUT2D eigenvalue weighted by atomic mass is 16.3. The lowest BCUT2D eigenvalue weighted by Crippen LogP contribution is -2.68. The Morgan fingerprint density at radius 3 is 2.50 bits per heavy atom. The minimum Gasteiger partial charge on any atom is -0.483 e. The SMILES string of the molecule is CCN1Cc2ccccc2CC1C(=O)NC12CC3CC(C1)CC(n1nnc(C)n1)(C3)C2.O=CO. The van der Waals surface area contributed by atoms with Crippen molar-refractivity contribution in [3.63, 3.8) is 0 Å². The van der Waals surface area contributed by atoms with E-state index < -0.39 is 0 Å². The fraction of sp³-hybridized carbons (Fsp3) is 0.640. The number of benzene rings is 1. The highest BCUT2D eigenvalue weighted by Crippen LogP contribution is 2.60. The van der Waals surface area contributed by atoms with Crippen LogP contribution in [0.15, 0.2) is 24.3 Å². The Morgan fingerprint density at radius 2 is 1.88 bits per heavy atom. The van der Waals surface area contributed by atoms with Crippen molar-refractivity contribution in [2.24, 2.45) is 11.8 Å². The number of aromatic nitrogens is 4. The van der Waals surface area contributed by atoms with Gasteiger partial charge in [-0.3, -0.25) is 14.5 Å². The van der Waals surface area contributed by atoms with Crippen molar-refractivity contribution in [3.8, 4) is 0 Å². The number of hydrogen-bond acceptors (Lipinski definition) is 6. The van der Waals surface area contributed by atoms with Crippen molar-refractivity contribution < 1.29 is 14.7 Å². The lowest BCUT2D eigenvalue weighted by Gasteiger charge is -2.61. The first-order chi connectivity index (χ1) is 16.4. The number of fused-ring (bicyclic) bond motifs is 1. The smallest absolute Gasteiger partial charge is 0.290 e. The van der Waals surface area contributed by atoms with Gasteiger partial charge in [0.05, 0.1) is 11.6 Å². The Hall–Kier alpha value is -2.81. The lowest BCUT2D eigenvalue weighted by molar-refractivity contribution is -0.137. The summed E-state index contributed by atoms with van der Waals surface area (Å²) < 4.78 is 0. The highest BCUT2D eigenvalue weighted by molar-refractivity contribution is 5.83. The van der Waals surface area contributed by atoms with Crippen molar-refractivity contribution in [1.29, 1.82) is 0 Å². The Bertz CT molecular complexity index is 1050. The molecule has 3 atom stereocenters. The molecule has 1 amide bonds. The number of carbonyl (C=O) groups is 2. The zero-order chi connectivity index (χ0) is 23.9. The largest absolute Gasteiger partial charge is 0.483 e. The Morgan fingerprint density at radius 1 is 1.21 bits per heavy atom. The molecule has 1 aliphatic heterocycles. The number of likely N-dealkylation sites (N-methyl/N-ethyl adjacent to an activating group) is 1. The molecule has 3 unspecified atom stereocenters. The van der Waals surface area contributed by atoms with E-state index in [1.54, 1.807) is 0 Å². The summed E-state index contributed by atoms with van der Waals surface area (Å²) in [6.45, 7) is 5.56. The molecule has 4 bridgehead atoms. The number of carboxylic acid groups (broad SMARTS) is 1. The predicted molar refractivity (Wildman–Crippen MR) is 125 cm³/mol. The topological polar surface area (TPSA) is 113 Å². The third-order valence-corrected chi connectivity index (χ3v) is 8.41. The first kappa shape index (κ1) is 23.0. The van der Waals surface area contributed by atoms with Gasteiger partial charge >= 0.3 is 0 Å². The second-order valence-corrected chi connectivity index (χ2v) is 10.7. The molecule has 5 aliphatic rings. The molecule has 9 heteroatoms. The number of hydrogen-bond donors (Lipinski definition) is 2. The quantitative estimate of drug-likeness (QED) is 0.665. The monoisotopic (exact) mass is 466 g/mol. The molecular formula is C25H34N6O3. The van der Waals surface area contributed by atoms with Gasteiger partial charge < -0.3 is 10.4 Å². The number of carbonyl (C=O) groups excluding carboxylic acids is 1. The maximum atomic E-state index is 13.7. The number of nitrogens with zero attached hydrogens (tertiary/aromatic N) is 5. The van der Waals surface area contributed by atoms with Gasteiger partial charge in [0.15, 0.2) is 5.82 Å². The first-order valence-corrected chi connectivity index (χ1v) is 12.4. The van der Waals surface area contributed by atoms with Crippen molar-refractivity contribution in [3.05, 3.63) is 41.2 Å². The maximum absolute atomic E-state index is 13.7. The van der Waals surface area contributed by atoms with E-state index >= 15 is 0 Å². The zero-order valence-electron chi connectivity index (χ0n) is 20.0. The van der Waals surface area contributed by atoms with E-state index in [-0.39, 0.29) is 29.5 Å². The molecule has 4 aliphatic carbocycles. The average Bonchev–Trinajstić information content (AvgIpc) is 3.25. The summed E-state index contributed by atoms with van der Waals surface area (Å²) in [4.78, 5) is 26.3. The Balaban J connectivity index is 0.000000764. The van der Waals surface area contributed by atoms with E-state index in [2.05, 4.69) is 56.8 Å². The fourth-order valence-electron chi connectivity index (χ4n) is 7.59. The number of tetrazole rings is 1. The van der Waals surface area contributed by atoms with Gasteiger partial charge in [0.25, 0.3) is 6.47 Å². The summed E-state index contributed by atoms with van der Waals surface area (Å²) in [6.07, 6.45) is 7.45. The van der Waals surface area contributed by atoms with E-state index in [1.165, 1.54) is 17.5 Å². The summed E-state index contributed by atoms with van der Waals surface area (Å²) in [6, 6.07) is 8.48. The van der Waals surface area contributed by atoms with Crippen LogP contribution in [0.25, 0.3) is 0 Å². The van der Waals surface area contributed by atoms with E-state index in [1.807, 2.05) is 11.7 Å². The first-order valence-electron chi connectivity index (χ1n) is 12.4. The molecule has 4 fully saturated rings. The van der Waals surface area contributed by atoms with E-state index in [0.29, 0.717) is 11.8 Å². The average molecular weight is 467 g/mol. The molecule has 2 N–H and O–H groups in total. The molecule has 7 rings (SSSR count). The van der Waals surface area contributed by atoms with Crippen molar-refractivity contribution in [2.45, 2.75) is 82.5 Å². The van der Waals surface area contributed by atoms with E-state index in [9.17, 15) is 4.79 Å². The number of amides is 1. The van der Waals surface area contributed by atoms with Crippen LogP contribution in [0.1, 0.15) is 62.4 Å². The van der Waals surface area contributed by atoms with Crippen molar-refractivity contribution >= 4 is 12.4 Å². The molecule has 9 nitrogen and oxygen atoms in total. The standard InChI is InChI=1S/C24H32N6O.CH2O2/c1-3-29-14-20-7-5-4-6-19(20)9-21(29)22(31)25-23-10-17-8-18(11-23)13-24(12-17,15-23)30-27-16(2)26-28-30;2-1-3/h4-7,17-18,21H,3,8-15H2,1-2H3,(H,25,31);1H,(H,2,3). The predicted octanol–water partition coefficient (Wildman–Crippen LogP) is 2.29. The zero-order valence-corrected chi connectivity index (χ0v) is 20.0. The second-order valence-electron chi connectivity index (χ2n) is 10.7. The molecule has 182 valence electrons. The third kappa shape index (κ3) is 4.00. The van der Waals surface area contributed by atoms with Crippen molar-refractivity contribution in [2.75, 3.05) is 6.54 Å². The normalized spacial score (nSPS) is 33.5. The summed E-state index contributed by atoms with van der Waals surface area (Å²) in [5.74, 6) is 2.22. The van der Waals surface area contributed by atoms with Crippen LogP contribution in [0, 0.1) is 18.8 Å². The highest BCUT2D eigenvalue weighted by Gasteiger charge is 2.60. The second kappa shape index (κ2) is 8.76. The van der Waals surface area contributed by atoms with Gasteiger partial charge in [-0.2, -0.15) is 4.80 Å². The fourth-order valence-corrected chi connectivity index (χ4v) is 7.59. The number of nitrogens with one attached hydrogen (secondary N) is 1. The van der Waals surface area contributed by atoms with E-state index in [0.717, 1.165) is 57.4 Å². The Kier molecular flexibility index (Phi) is 5.91. The Labute approximate surface area is 199 Å². The molecule has 2 aromatic rings. The number of aryl methyl sites for hydroxylation is 1. The van der Waals surface area contributed by atoms with Crippen LogP contribution in [0.3, 0.4) is 0 Å². The van der Waals surface area contributed by atoms with Crippen LogP contribution < -0.4 is 5.32 Å². The summed E-state index contributed by atoms with van der Waals surface area (Å²) in [5, 5.41) is 23.7. The maximum Gasteiger partial charge on any atom is 0.290 e. The summed E-state index contributed by atoms with van der Waals surface area (Å²) in [7, 11) is 0. The molecule has 2 heterocycles. The molecule has 34 heavy (non-hydrogen) atoms. The van der Waals surface area contributed by atoms with E-state index in [4.69, 9.17) is 9.90 Å². The molecule has 0 radical (unpaired) electrons. The number of rotatable bonds is 4. The van der Waals surface area contributed by atoms with Crippen LogP contribution in [-0.4, -0.2) is 60.7 Å². The van der Waals surface area contributed by atoms with Gasteiger partial charge in [-0.15, -0.1) is 10.2 Å². The van der Waals surface area contributed by atoms with Gasteiger partial charge in [0.1, 0.15) is 0 Å². The van der Waals surface area contributed by atoms with Crippen LogP contribution in [0.5, 0.6) is 0 Å². The van der Waals surface area contributed by atoms with Crippen LogP contribution in [0.2, 0.25) is 0 Å². The minimum atomic E-state index is -0.250. The summed E-state index contributed by atoms with van der Waals surface area (Å²) in [5.41, 5.74) is 2.47. The molecule has 0 saturated heterocycles. The van der Waals surface area contributed by atoms with Crippen LogP contribution >= 0.6 is 0 Å². The molecular weight excluding hydrogens is 432 g/mol. The third-order valence-electron chi connectivity index (χ3n) is 8.41. The van der Waals surface area contributed by atoms with Gasteiger partial charge in [-0.1, -0.05) is 31.2 Å². The van der Waals surface area contributed by atoms with Crippen molar-refractivity contribution in [1.82, 2.24) is 30.4 Å². The molecule has 1 aromatic heterocycles. The molecule has 4 saturated carbocycles.